The van der Waals surface area contributed by atoms with Gasteiger partial charge in [0.2, 0.25) is 11.8 Å². The molecule has 2 aromatic carbocycles. The first kappa shape index (κ1) is 23.3. The molecule has 1 fully saturated rings. The van der Waals surface area contributed by atoms with Gasteiger partial charge in [0.1, 0.15) is 0 Å². The van der Waals surface area contributed by atoms with E-state index in [9.17, 15) is 9.59 Å². The first-order chi connectivity index (χ1) is 16.2. The molecule has 1 aliphatic carbocycles. The number of allylic oxidation sites excluding steroid dienone is 2. The number of carbonyl (C=O) groups is 2. The smallest absolute Gasteiger partial charge is 0.228 e. The highest BCUT2D eigenvalue weighted by atomic mass is 16.2. The molecule has 4 nitrogen and oxygen atoms in total. The molecular weight excluding hydrogens is 408 g/mol. The quantitative estimate of drug-likeness (QED) is 0.381. The van der Waals surface area contributed by atoms with Crippen LogP contribution in [-0.4, -0.2) is 23.3 Å². The second-order valence-electron chi connectivity index (χ2n) is 9.49. The molecule has 1 heterocycles. The van der Waals surface area contributed by atoms with Crippen LogP contribution in [0.25, 0.3) is 0 Å². The second kappa shape index (κ2) is 11.3. The molecule has 3 atom stereocenters. The molecule has 2 aliphatic rings. The van der Waals surface area contributed by atoms with Crippen LogP contribution in [0.15, 0.2) is 66.7 Å². The van der Waals surface area contributed by atoms with Crippen molar-refractivity contribution in [1.82, 2.24) is 4.90 Å². The van der Waals surface area contributed by atoms with Gasteiger partial charge in [0.15, 0.2) is 0 Å². The lowest BCUT2D eigenvalue weighted by Crippen LogP contribution is -2.50. The fraction of sp³-hybridized carbons (Fsp3) is 0.448. The van der Waals surface area contributed by atoms with E-state index >= 15 is 0 Å². The number of rotatable bonds is 9. The van der Waals surface area contributed by atoms with Gasteiger partial charge >= 0.3 is 0 Å². The fourth-order valence-electron chi connectivity index (χ4n) is 5.20. The van der Waals surface area contributed by atoms with Crippen LogP contribution in [0.2, 0.25) is 0 Å². The molecule has 0 saturated carbocycles. The van der Waals surface area contributed by atoms with Crippen molar-refractivity contribution in [2.45, 2.75) is 58.4 Å². The molecule has 0 radical (unpaired) electrons. The Morgan fingerprint density at radius 1 is 1.00 bits per heavy atom. The predicted molar refractivity (Wildman–Crippen MR) is 134 cm³/mol. The fourth-order valence-corrected chi connectivity index (χ4v) is 5.20. The van der Waals surface area contributed by atoms with Crippen molar-refractivity contribution in [1.29, 1.82) is 0 Å². The van der Waals surface area contributed by atoms with Crippen LogP contribution in [0.5, 0.6) is 0 Å². The van der Waals surface area contributed by atoms with E-state index in [1.165, 1.54) is 31.2 Å². The van der Waals surface area contributed by atoms with Crippen LogP contribution in [0, 0.1) is 17.8 Å². The summed E-state index contributed by atoms with van der Waals surface area (Å²) in [5, 5.41) is 3.09. The van der Waals surface area contributed by atoms with Crippen molar-refractivity contribution in [2.75, 3.05) is 11.9 Å². The minimum Gasteiger partial charge on any atom is -0.338 e. The average molecular weight is 445 g/mol. The van der Waals surface area contributed by atoms with Gasteiger partial charge in [0.05, 0.1) is 11.8 Å². The minimum atomic E-state index is -0.320. The lowest BCUT2D eigenvalue weighted by Gasteiger charge is -2.41. The maximum absolute atomic E-state index is 13.4. The molecule has 1 N–H and O–H groups in total. The summed E-state index contributed by atoms with van der Waals surface area (Å²) in [5.41, 5.74) is 3.25. The highest BCUT2D eigenvalue weighted by Gasteiger charge is 2.44. The van der Waals surface area contributed by atoms with Gasteiger partial charge in [-0.3, -0.25) is 9.59 Å². The number of benzene rings is 2. The van der Waals surface area contributed by atoms with Gasteiger partial charge in [-0.2, -0.15) is 0 Å². The molecule has 174 valence electrons. The van der Waals surface area contributed by atoms with Gasteiger partial charge in [0, 0.05) is 18.8 Å². The van der Waals surface area contributed by atoms with Crippen LogP contribution in [-0.2, 0) is 22.6 Å². The summed E-state index contributed by atoms with van der Waals surface area (Å²) in [4.78, 5) is 28.6. The lowest BCUT2D eigenvalue weighted by atomic mass is 9.71. The van der Waals surface area contributed by atoms with Gasteiger partial charge in [-0.1, -0.05) is 80.8 Å². The number of amides is 2. The number of nitrogens with zero attached hydrogens (tertiary/aromatic N) is 1. The maximum Gasteiger partial charge on any atom is 0.228 e. The molecular formula is C29H36N2O2. The maximum atomic E-state index is 13.4. The van der Waals surface area contributed by atoms with E-state index in [0.717, 1.165) is 30.6 Å². The zero-order valence-electron chi connectivity index (χ0n) is 19.7. The Labute approximate surface area is 198 Å². The highest BCUT2D eigenvalue weighted by molar-refractivity contribution is 5.96. The molecule has 1 saturated heterocycles. The van der Waals surface area contributed by atoms with E-state index in [1.807, 2.05) is 35.2 Å². The molecule has 0 aromatic heterocycles. The molecule has 1 aliphatic heterocycles. The van der Waals surface area contributed by atoms with Crippen LogP contribution in [0.3, 0.4) is 0 Å². The zero-order chi connectivity index (χ0) is 23.0. The average Bonchev–Trinajstić information content (AvgIpc) is 2.85. The van der Waals surface area contributed by atoms with Crippen molar-refractivity contribution in [3.63, 3.8) is 0 Å². The Kier molecular flexibility index (Phi) is 7.98. The molecule has 0 unspecified atom stereocenters. The monoisotopic (exact) mass is 444 g/mol. The molecule has 0 spiro atoms. The van der Waals surface area contributed by atoms with Crippen molar-refractivity contribution in [3.05, 3.63) is 77.9 Å². The summed E-state index contributed by atoms with van der Waals surface area (Å²) >= 11 is 0. The predicted octanol–water partition coefficient (Wildman–Crippen LogP) is 5.99. The summed E-state index contributed by atoms with van der Waals surface area (Å²) in [6, 6.07) is 18.3. The molecule has 4 rings (SSSR count). The zero-order valence-corrected chi connectivity index (χ0v) is 19.7. The Morgan fingerprint density at radius 2 is 1.79 bits per heavy atom. The normalized spacial score (nSPS) is 22.2. The van der Waals surface area contributed by atoms with E-state index < -0.39 is 0 Å². The number of nitrogens with one attached hydrogen (secondary N) is 1. The summed E-state index contributed by atoms with van der Waals surface area (Å²) < 4.78 is 0. The topological polar surface area (TPSA) is 49.4 Å². The summed E-state index contributed by atoms with van der Waals surface area (Å²) in [6.07, 6.45) is 11.9. The number of unbranched alkanes of at least 4 members (excludes halogenated alkanes) is 3. The Balaban J connectivity index is 1.38. The number of piperidine rings is 1. The van der Waals surface area contributed by atoms with E-state index in [1.54, 1.807) is 0 Å². The van der Waals surface area contributed by atoms with Crippen LogP contribution >= 0.6 is 0 Å². The van der Waals surface area contributed by atoms with Crippen LogP contribution in [0.1, 0.15) is 56.6 Å². The third-order valence-electron chi connectivity index (χ3n) is 7.09. The SMILES string of the molecule is CCCCCCc1ccc(NC(=O)[C@@H]2CC=C[C@@H]3CCN(Cc4ccccc4)C(=O)[C@@H]32)cc1. The molecule has 2 amide bonds. The van der Waals surface area contributed by atoms with Crippen molar-refractivity contribution in [3.8, 4) is 0 Å². The minimum absolute atomic E-state index is 0.0417. The number of carbonyl (C=O) groups excluding carboxylic acids is 2. The Bertz CT molecular complexity index is 951. The van der Waals surface area contributed by atoms with Gasteiger partial charge in [0.25, 0.3) is 0 Å². The number of aryl methyl sites for hydroxylation is 1. The van der Waals surface area contributed by atoms with Crippen molar-refractivity contribution < 1.29 is 9.59 Å². The number of anilines is 1. The van der Waals surface area contributed by atoms with Gasteiger partial charge in [-0.05, 0) is 54.9 Å². The van der Waals surface area contributed by atoms with Crippen molar-refractivity contribution in [2.24, 2.45) is 17.8 Å². The standard InChI is InChI=1S/C29H36N2O2/c1-2-3-4-6-10-22-15-17-25(18-16-22)30-28(32)26-14-9-13-24-19-20-31(29(33)27(24)26)21-23-11-7-5-8-12-23/h5,7-9,11-13,15-18,24,26-27H,2-4,6,10,14,19-21H2,1H3,(H,30,32)/t24-,26-,27+/m1/s1. The second-order valence-corrected chi connectivity index (χ2v) is 9.49. The highest BCUT2D eigenvalue weighted by Crippen LogP contribution is 2.38. The molecule has 4 heteroatoms. The lowest BCUT2D eigenvalue weighted by molar-refractivity contribution is -0.147. The van der Waals surface area contributed by atoms with E-state index in [0.29, 0.717) is 13.0 Å². The summed E-state index contributed by atoms with van der Waals surface area (Å²) in [6.45, 7) is 3.58. The van der Waals surface area contributed by atoms with Crippen LogP contribution in [0.4, 0.5) is 5.69 Å². The third kappa shape index (κ3) is 5.93. The van der Waals surface area contributed by atoms with E-state index in [-0.39, 0.29) is 29.6 Å². The summed E-state index contributed by atoms with van der Waals surface area (Å²) in [7, 11) is 0. The third-order valence-corrected chi connectivity index (χ3v) is 7.09. The van der Waals surface area contributed by atoms with E-state index in [4.69, 9.17) is 0 Å². The number of hydrogen-bond acceptors (Lipinski definition) is 2. The molecule has 2 aromatic rings. The van der Waals surface area contributed by atoms with Gasteiger partial charge in [-0.25, -0.2) is 0 Å². The molecule has 0 bridgehead atoms. The Hall–Kier alpha value is -2.88. The summed E-state index contributed by atoms with van der Waals surface area (Å²) in [5.74, 6) is -0.369. The van der Waals surface area contributed by atoms with Crippen LogP contribution < -0.4 is 5.32 Å². The largest absolute Gasteiger partial charge is 0.338 e. The number of likely N-dealkylation sites (tertiary alicyclic amines) is 1. The van der Waals surface area contributed by atoms with Gasteiger partial charge in [-0.15, -0.1) is 0 Å². The number of fused-ring (bicyclic) bond motifs is 1. The Morgan fingerprint density at radius 3 is 2.55 bits per heavy atom. The first-order valence-corrected chi connectivity index (χ1v) is 12.5. The number of hydrogen-bond donors (Lipinski definition) is 1. The van der Waals surface area contributed by atoms with E-state index in [2.05, 4.69) is 48.7 Å². The van der Waals surface area contributed by atoms with Gasteiger partial charge < -0.3 is 10.2 Å². The first-order valence-electron chi connectivity index (χ1n) is 12.5. The van der Waals surface area contributed by atoms with Crippen molar-refractivity contribution >= 4 is 17.5 Å². The molecule has 33 heavy (non-hydrogen) atoms.